The molecule has 0 spiro atoms. The molecule has 0 radical (unpaired) electrons. The van der Waals surface area contributed by atoms with Crippen LogP contribution >= 0.6 is 0 Å². The summed E-state index contributed by atoms with van der Waals surface area (Å²) in [5, 5.41) is 3.98. The van der Waals surface area contributed by atoms with Crippen molar-refractivity contribution in [2.75, 3.05) is 31.1 Å². The van der Waals surface area contributed by atoms with Gasteiger partial charge in [0.05, 0.1) is 23.2 Å². The molecule has 4 rings (SSSR count). The molecule has 2 aliphatic rings. The maximum absolute atomic E-state index is 13.5. The lowest BCUT2D eigenvalue weighted by molar-refractivity contribution is 0.189. The number of anilines is 1. The summed E-state index contributed by atoms with van der Waals surface area (Å²) in [7, 11) is -3.30. The molecule has 1 aliphatic carbocycles. The van der Waals surface area contributed by atoms with E-state index in [1.54, 1.807) is 20.0 Å². The summed E-state index contributed by atoms with van der Waals surface area (Å²) in [5.41, 5.74) is 1.21. The second-order valence-corrected chi connectivity index (χ2v) is 12.5. The van der Waals surface area contributed by atoms with Gasteiger partial charge in [0.15, 0.2) is 0 Å². The Kier molecular flexibility index (Phi) is 6.55. The van der Waals surface area contributed by atoms with Crippen molar-refractivity contribution < 1.29 is 13.2 Å². The summed E-state index contributed by atoms with van der Waals surface area (Å²) in [6.07, 6.45) is 4.49. The van der Waals surface area contributed by atoms with Crippen LogP contribution in [0, 0.1) is 5.41 Å². The molecule has 1 unspecified atom stereocenters. The predicted molar refractivity (Wildman–Crippen MR) is 130 cm³/mol. The van der Waals surface area contributed by atoms with Crippen LogP contribution in [0.5, 0.6) is 5.75 Å². The molecule has 1 saturated heterocycles. The van der Waals surface area contributed by atoms with Crippen LogP contribution in [0.25, 0.3) is 5.69 Å². The summed E-state index contributed by atoms with van der Waals surface area (Å²) in [6, 6.07) is 9.31. The average Bonchev–Trinajstić information content (AvgIpc) is 3.14. The fraction of sp³-hybridized carbons (Fsp3) is 0.583. The Labute approximate surface area is 196 Å². The Morgan fingerprint density at radius 3 is 2.33 bits per heavy atom. The number of rotatable bonds is 6. The van der Waals surface area contributed by atoms with E-state index in [9.17, 15) is 13.2 Å². The Hall–Kier alpha value is -2.39. The first-order valence-electron chi connectivity index (χ1n) is 11.7. The number of nitrogens with zero attached hydrogens (tertiary/aromatic N) is 4. The van der Waals surface area contributed by atoms with E-state index in [0.717, 1.165) is 19.3 Å². The number of sulfonamides is 1. The lowest BCUT2D eigenvalue weighted by Crippen LogP contribution is -2.50. The summed E-state index contributed by atoms with van der Waals surface area (Å²) in [6.45, 7) is 9.55. The number of aromatic nitrogens is 2. The summed E-state index contributed by atoms with van der Waals surface area (Å²) in [5.74, 6) is 0.303. The van der Waals surface area contributed by atoms with Gasteiger partial charge in [-0.05, 0) is 50.7 Å². The molecular formula is C24H34N4O4S. The Bertz CT molecular complexity index is 1140. The van der Waals surface area contributed by atoms with Crippen LogP contribution < -0.4 is 15.2 Å². The maximum Gasteiger partial charge on any atom is 0.316 e. The third-order valence-corrected chi connectivity index (χ3v) is 8.93. The van der Waals surface area contributed by atoms with Crippen molar-refractivity contribution in [2.45, 2.75) is 58.3 Å². The van der Waals surface area contributed by atoms with Crippen LogP contribution in [-0.4, -0.2) is 60.0 Å². The molecular weight excluding hydrogens is 440 g/mol. The number of benzene rings is 1. The number of piperazine rings is 1. The van der Waals surface area contributed by atoms with Crippen LogP contribution in [0.1, 0.15) is 47.0 Å². The average molecular weight is 475 g/mol. The van der Waals surface area contributed by atoms with Crippen LogP contribution in [-0.2, 0) is 10.0 Å². The third-order valence-electron chi connectivity index (χ3n) is 6.66. The quantitative estimate of drug-likeness (QED) is 0.640. The Balaban J connectivity index is 1.65. The van der Waals surface area contributed by atoms with Gasteiger partial charge in [-0.1, -0.05) is 32.0 Å². The van der Waals surface area contributed by atoms with Crippen LogP contribution in [0.2, 0.25) is 0 Å². The molecule has 1 atom stereocenters. The van der Waals surface area contributed by atoms with Gasteiger partial charge < -0.3 is 9.64 Å². The highest BCUT2D eigenvalue weighted by Crippen LogP contribution is 2.39. The standard InChI is InChI=1S/C24H34N4O4S/c1-18(2)33(30,31)27-14-12-26(13-15-27)21-17-25-28(19-8-6-5-7-9-19)23(29)22(21)32-20-10-11-24(3,4)16-20/h5-9,17-18,20H,10-16H2,1-4H3. The van der Waals surface area contributed by atoms with Gasteiger partial charge in [-0.15, -0.1) is 0 Å². The van der Waals surface area contributed by atoms with E-state index in [2.05, 4.69) is 18.9 Å². The first-order valence-corrected chi connectivity index (χ1v) is 13.2. The second kappa shape index (κ2) is 9.10. The van der Waals surface area contributed by atoms with Gasteiger partial charge >= 0.3 is 5.56 Å². The van der Waals surface area contributed by atoms with Gasteiger partial charge in [-0.2, -0.15) is 14.1 Å². The first-order chi connectivity index (χ1) is 15.6. The lowest BCUT2D eigenvalue weighted by Gasteiger charge is -2.36. The molecule has 1 aromatic carbocycles. The smallest absolute Gasteiger partial charge is 0.316 e. The fourth-order valence-electron chi connectivity index (χ4n) is 4.64. The minimum absolute atomic E-state index is 0.0271. The van der Waals surface area contributed by atoms with Gasteiger partial charge in [-0.3, -0.25) is 4.79 Å². The molecule has 2 heterocycles. The highest BCUT2D eigenvalue weighted by Gasteiger charge is 2.35. The molecule has 2 fully saturated rings. The number of para-hydroxylation sites is 1. The van der Waals surface area contributed by atoms with Crippen LogP contribution in [0.3, 0.4) is 0 Å². The van der Waals surface area contributed by atoms with E-state index in [4.69, 9.17) is 4.74 Å². The SMILES string of the molecule is CC(C)S(=O)(=O)N1CCN(c2cnn(-c3ccccc3)c(=O)c2OC2CCC(C)(C)C2)CC1. The molecule has 1 aromatic heterocycles. The maximum atomic E-state index is 13.5. The van der Waals surface area contributed by atoms with Crippen molar-refractivity contribution in [1.82, 2.24) is 14.1 Å². The number of hydrogen-bond donors (Lipinski definition) is 0. The molecule has 9 heteroatoms. The molecule has 2 aromatic rings. The number of hydrogen-bond acceptors (Lipinski definition) is 6. The van der Waals surface area contributed by atoms with Crippen molar-refractivity contribution in [3.05, 3.63) is 46.9 Å². The highest BCUT2D eigenvalue weighted by atomic mass is 32.2. The third kappa shape index (κ3) is 4.94. The van der Waals surface area contributed by atoms with Crippen molar-refractivity contribution in [1.29, 1.82) is 0 Å². The monoisotopic (exact) mass is 474 g/mol. The lowest BCUT2D eigenvalue weighted by atomic mass is 9.92. The van der Waals surface area contributed by atoms with Crippen molar-refractivity contribution >= 4 is 15.7 Å². The van der Waals surface area contributed by atoms with Gasteiger partial charge in [0.25, 0.3) is 0 Å². The zero-order valence-electron chi connectivity index (χ0n) is 19.9. The minimum atomic E-state index is -3.30. The number of ether oxygens (including phenoxy) is 1. The van der Waals surface area contributed by atoms with E-state index in [1.165, 1.54) is 8.99 Å². The normalized spacial score (nSPS) is 21.5. The van der Waals surface area contributed by atoms with Crippen LogP contribution in [0.4, 0.5) is 5.69 Å². The summed E-state index contributed by atoms with van der Waals surface area (Å²) < 4.78 is 34.4. The van der Waals surface area contributed by atoms with E-state index in [1.807, 2.05) is 35.2 Å². The minimum Gasteiger partial charge on any atom is -0.483 e. The van der Waals surface area contributed by atoms with Gasteiger partial charge in [-0.25, -0.2) is 8.42 Å². The molecule has 1 aliphatic heterocycles. The van der Waals surface area contributed by atoms with Crippen molar-refractivity contribution in [3.63, 3.8) is 0 Å². The summed E-state index contributed by atoms with van der Waals surface area (Å²) in [4.78, 5) is 15.6. The van der Waals surface area contributed by atoms with E-state index >= 15 is 0 Å². The largest absolute Gasteiger partial charge is 0.483 e. The predicted octanol–water partition coefficient (Wildman–Crippen LogP) is 3.05. The molecule has 33 heavy (non-hydrogen) atoms. The van der Waals surface area contributed by atoms with E-state index < -0.39 is 15.3 Å². The Morgan fingerprint density at radius 2 is 1.76 bits per heavy atom. The van der Waals surface area contributed by atoms with Crippen molar-refractivity contribution in [3.8, 4) is 11.4 Å². The molecule has 0 amide bonds. The fourth-order valence-corrected chi connectivity index (χ4v) is 5.91. The van der Waals surface area contributed by atoms with E-state index in [-0.39, 0.29) is 17.1 Å². The van der Waals surface area contributed by atoms with Crippen molar-refractivity contribution in [2.24, 2.45) is 5.41 Å². The van der Waals surface area contributed by atoms with Gasteiger partial charge in [0.1, 0.15) is 5.69 Å². The van der Waals surface area contributed by atoms with Gasteiger partial charge in [0, 0.05) is 26.2 Å². The van der Waals surface area contributed by atoms with E-state index in [0.29, 0.717) is 43.3 Å². The molecule has 8 nitrogen and oxygen atoms in total. The molecule has 0 N–H and O–H groups in total. The molecule has 180 valence electrons. The molecule has 1 saturated carbocycles. The second-order valence-electron chi connectivity index (χ2n) is 10.0. The summed E-state index contributed by atoms with van der Waals surface area (Å²) >= 11 is 0. The highest BCUT2D eigenvalue weighted by molar-refractivity contribution is 7.89. The topological polar surface area (TPSA) is 84.7 Å². The first kappa shape index (κ1) is 23.8. The zero-order valence-corrected chi connectivity index (χ0v) is 20.7. The van der Waals surface area contributed by atoms with Crippen LogP contribution in [0.15, 0.2) is 41.3 Å². The molecule has 0 bridgehead atoms. The Morgan fingerprint density at radius 1 is 1.09 bits per heavy atom. The zero-order chi connectivity index (χ0) is 23.8. The van der Waals surface area contributed by atoms with Gasteiger partial charge in [0.2, 0.25) is 15.8 Å².